The molecule has 30 heavy (non-hydrogen) atoms. The standard InChI is InChI=1S/C24H22ClN3OS/c1-15-23(26-24(29)21-13-19(30-3)11-12-22(21)25)16(2)28(27-15)14-18-9-6-8-17-7-4-5-10-20(17)18/h4-13H,14H2,1-3H3,(H,26,29). The summed E-state index contributed by atoms with van der Waals surface area (Å²) in [6.07, 6.45) is 1.97. The highest BCUT2D eigenvalue weighted by Gasteiger charge is 2.18. The van der Waals surface area contributed by atoms with Crippen LogP contribution in [0.4, 0.5) is 5.69 Å². The first-order valence-electron chi connectivity index (χ1n) is 9.63. The number of hydrogen-bond acceptors (Lipinski definition) is 3. The van der Waals surface area contributed by atoms with Gasteiger partial charge < -0.3 is 5.32 Å². The van der Waals surface area contributed by atoms with Gasteiger partial charge in [0, 0.05) is 4.90 Å². The molecule has 0 aliphatic carbocycles. The van der Waals surface area contributed by atoms with Gasteiger partial charge in [-0.3, -0.25) is 9.48 Å². The van der Waals surface area contributed by atoms with Crippen LogP contribution in [0, 0.1) is 13.8 Å². The summed E-state index contributed by atoms with van der Waals surface area (Å²) in [6, 6.07) is 20.1. The summed E-state index contributed by atoms with van der Waals surface area (Å²) >= 11 is 7.84. The molecule has 1 amide bonds. The second-order valence-corrected chi connectivity index (χ2v) is 8.43. The lowest BCUT2D eigenvalue weighted by molar-refractivity contribution is 0.102. The minimum Gasteiger partial charge on any atom is -0.319 e. The molecule has 3 aromatic carbocycles. The summed E-state index contributed by atoms with van der Waals surface area (Å²) < 4.78 is 1.94. The van der Waals surface area contributed by atoms with Gasteiger partial charge in [-0.2, -0.15) is 5.10 Å². The van der Waals surface area contributed by atoms with Crippen LogP contribution in [0.1, 0.15) is 27.3 Å². The second-order valence-electron chi connectivity index (χ2n) is 7.14. The van der Waals surface area contributed by atoms with Crippen molar-refractivity contribution in [1.82, 2.24) is 9.78 Å². The van der Waals surface area contributed by atoms with Crippen LogP contribution in [-0.2, 0) is 6.54 Å². The molecule has 1 aromatic heterocycles. The van der Waals surface area contributed by atoms with Crippen molar-refractivity contribution < 1.29 is 4.79 Å². The van der Waals surface area contributed by atoms with Crippen LogP contribution in [0.25, 0.3) is 10.8 Å². The van der Waals surface area contributed by atoms with Gasteiger partial charge in [0.05, 0.1) is 34.2 Å². The number of anilines is 1. The van der Waals surface area contributed by atoms with Gasteiger partial charge in [0.1, 0.15) is 0 Å². The molecule has 0 aliphatic rings. The third-order valence-corrected chi connectivity index (χ3v) is 6.29. The maximum Gasteiger partial charge on any atom is 0.257 e. The van der Waals surface area contributed by atoms with Crippen molar-refractivity contribution in [2.24, 2.45) is 0 Å². The zero-order chi connectivity index (χ0) is 21.3. The zero-order valence-electron chi connectivity index (χ0n) is 17.1. The van der Waals surface area contributed by atoms with Crippen LogP contribution in [0.3, 0.4) is 0 Å². The third-order valence-electron chi connectivity index (χ3n) is 5.24. The third kappa shape index (κ3) is 3.95. The number of thioether (sulfide) groups is 1. The van der Waals surface area contributed by atoms with E-state index in [1.165, 1.54) is 16.3 Å². The number of carbonyl (C=O) groups is 1. The Morgan fingerprint density at radius 1 is 1.10 bits per heavy atom. The number of hydrogen-bond donors (Lipinski definition) is 1. The van der Waals surface area contributed by atoms with E-state index in [2.05, 4.69) is 40.7 Å². The largest absolute Gasteiger partial charge is 0.319 e. The van der Waals surface area contributed by atoms with Crippen LogP contribution in [-0.4, -0.2) is 21.9 Å². The Hall–Kier alpha value is -2.76. The van der Waals surface area contributed by atoms with Crippen LogP contribution in [0.5, 0.6) is 0 Å². The quantitative estimate of drug-likeness (QED) is 0.372. The highest BCUT2D eigenvalue weighted by atomic mass is 35.5. The SMILES string of the molecule is CSc1ccc(Cl)c(C(=O)Nc2c(C)nn(Cc3cccc4ccccc34)c2C)c1. The van der Waals surface area contributed by atoms with Gasteiger partial charge >= 0.3 is 0 Å². The van der Waals surface area contributed by atoms with E-state index in [4.69, 9.17) is 11.6 Å². The number of nitrogens with zero attached hydrogens (tertiary/aromatic N) is 2. The Labute approximate surface area is 185 Å². The first kappa shape index (κ1) is 20.5. The molecule has 0 atom stereocenters. The van der Waals surface area contributed by atoms with Crippen LogP contribution < -0.4 is 5.32 Å². The molecular formula is C24H22ClN3OS. The van der Waals surface area contributed by atoms with E-state index in [-0.39, 0.29) is 5.91 Å². The minimum atomic E-state index is -0.230. The Kier molecular flexibility index (Phi) is 5.84. The Morgan fingerprint density at radius 2 is 1.87 bits per heavy atom. The lowest BCUT2D eigenvalue weighted by Gasteiger charge is -2.10. The summed E-state index contributed by atoms with van der Waals surface area (Å²) in [4.78, 5) is 13.9. The average Bonchev–Trinajstić information content (AvgIpc) is 3.01. The Balaban J connectivity index is 1.63. The number of amides is 1. The number of aryl methyl sites for hydroxylation is 1. The maximum atomic E-state index is 12.9. The molecule has 4 aromatic rings. The van der Waals surface area contributed by atoms with E-state index >= 15 is 0 Å². The molecule has 0 fully saturated rings. The first-order chi connectivity index (χ1) is 14.5. The number of carbonyl (C=O) groups excluding carboxylic acids is 1. The lowest BCUT2D eigenvalue weighted by atomic mass is 10.0. The van der Waals surface area contributed by atoms with Crippen LogP contribution in [0.15, 0.2) is 65.6 Å². The number of nitrogens with one attached hydrogen (secondary N) is 1. The zero-order valence-corrected chi connectivity index (χ0v) is 18.6. The highest BCUT2D eigenvalue weighted by Crippen LogP contribution is 2.27. The molecular weight excluding hydrogens is 414 g/mol. The van der Waals surface area contributed by atoms with E-state index < -0.39 is 0 Å². The summed E-state index contributed by atoms with van der Waals surface area (Å²) in [5.41, 5.74) is 4.06. The molecule has 0 aliphatic heterocycles. The van der Waals surface area contributed by atoms with Crippen molar-refractivity contribution in [3.05, 3.63) is 88.2 Å². The summed E-state index contributed by atoms with van der Waals surface area (Å²) in [7, 11) is 0. The number of benzene rings is 3. The maximum absolute atomic E-state index is 12.9. The average molecular weight is 436 g/mol. The van der Waals surface area contributed by atoms with Gasteiger partial charge in [0.2, 0.25) is 0 Å². The molecule has 0 saturated carbocycles. The van der Waals surface area contributed by atoms with E-state index in [1.54, 1.807) is 17.8 Å². The topological polar surface area (TPSA) is 46.9 Å². The molecule has 6 heteroatoms. The van der Waals surface area contributed by atoms with Crippen molar-refractivity contribution in [1.29, 1.82) is 0 Å². The molecule has 4 rings (SSSR count). The Morgan fingerprint density at radius 3 is 2.67 bits per heavy atom. The first-order valence-corrected chi connectivity index (χ1v) is 11.2. The van der Waals surface area contributed by atoms with E-state index in [0.717, 1.165) is 22.0 Å². The molecule has 1 N–H and O–H groups in total. The summed E-state index contributed by atoms with van der Waals surface area (Å²) in [6.45, 7) is 4.51. The van der Waals surface area contributed by atoms with Gasteiger partial charge in [-0.15, -0.1) is 11.8 Å². The molecule has 0 unspecified atom stereocenters. The van der Waals surface area contributed by atoms with Crippen molar-refractivity contribution in [2.75, 3.05) is 11.6 Å². The van der Waals surface area contributed by atoms with Crippen LogP contribution in [0.2, 0.25) is 5.02 Å². The fourth-order valence-electron chi connectivity index (χ4n) is 3.61. The lowest BCUT2D eigenvalue weighted by Crippen LogP contribution is -2.14. The highest BCUT2D eigenvalue weighted by molar-refractivity contribution is 7.98. The van der Waals surface area contributed by atoms with Crippen LogP contribution >= 0.6 is 23.4 Å². The van der Waals surface area contributed by atoms with Gasteiger partial charge in [-0.1, -0.05) is 54.1 Å². The van der Waals surface area contributed by atoms with Crippen molar-refractivity contribution in [3.8, 4) is 0 Å². The molecule has 0 spiro atoms. The number of halogens is 1. The van der Waals surface area contributed by atoms with Gasteiger partial charge in [-0.25, -0.2) is 0 Å². The van der Waals surface area contributed by atoms with Crippen molar-refractivity contribution >= 4 is 45.7 Å². The molecule has 0 radical (unpaired) electrons. The fourth-order valence-corrected chi connectivity index (χ4v) is 4.25. The fraction of sp³-hybridized carbons (Fsp3) is 0.167. The van der Waals surface area contributed by atoms with E-state index in [1.807, 2.05) is 49.1 Å². The van der Waals surface area contributed by atoms with Gasteiger partial charge in [-0.05, 0) is 54.6 Å². The van der Waals surface area contributed by atoms with Gasteiger partial charge in [0.25, 0.3) is 5.91 Å². The summed E-state index contributed by atoms with van der Waals surface area (Å²) in [5.74, 6) is -0.230. The number of aromatic nitrogens is 2. The van der Waals surface area contributed by atoms with Crippen molar-refractivity contribution in [2.45, 2.75) is 25.3 Å². The molecule has 0 saturated heterocycles. The molecule has 152 valence electrons. The van der Waals surface area contributed by atoms with E-state index in [9.17, 15) is 4.79 Å². The summed E-state index contributed by atoms with van der Waals surface area (Å²) in [5, 5.41) is 10.5. The monoisotopic (exact) mass is 435 g/mol. The molecule has 0 bridgehead atoms. The van der Waals surface area contributed by atoms with Gasteiger partial charge in [0.15, 0.2) is 0 Å². The minimum absolute atomic E-state index is 0.230. The predicted octanol–water partition coefficient (Wildman–Crippen LogP) is 6.33. The number of rotatable bonds is 5. The Bertz CT molecular complexity index is 1240. The second kappa shape index (κ2) is 8.54. The predicted molar refractivity (Wildman–Crippen MR) is 126 cm³/mol. The van der Waals surface area contributed by atoms with E-state index in [0.29, 0.717) is 17.1 Å². The number of fused-ring (bicyclic) bond motifs is 1. The normalized spacial score (nSPS) is 11.1. The smallest absolute Gasteiger partial charge is 0.257 e. The molecule has 1 heterocycles. The van der Waals surface area contributed by atoms with Crippen molar-refractivity contribution in [3.63, 3.8) is 0 Å². The molecule has 4 nitrogen and oxygen atoms in total.